The van der Waals surface area contributed by atoms with Gasteiger partial charge in [-0.3, -0.25) is 4.79 Å². The average molecular weight is 336 g/mol. The maximum absolute atomic E-state index is 13.1. The Hall–Kier alpha value is -1.50. The molecular weight excluding hydrogens is 311 g/mol. The number of rotatable bonds is 3. The summed E-state index contributed by atoms with van der Waals surface area (Å²) >= 11 is 0. The van der Waals surface area contributed by atoms with E-state index in [2.05, 4.69) is 0 Å². The first-order valence-electron chi connectivity index (χ1n) is 8.57. The lowest BCUT2D eigenvalue weighted by atomic mass is 9.91. The molecule has 2 saturated heterocycles. The normalized spacial score (nSPS) is 27.0. The Morgan fingerprint density at radius 1 is 1.25 bits per heavy atom. The quantitative estimate of drug-likeness (QED) is 0.915. The molecule has 2 aliphatic rings. The van der Waals surface area contributed by atoms with Crippen molar-refractivity contribution in [1.82, 2.24) is 4.90 Å². The van der Waals surface area contributed by atoms with Crippen LogP contribution in [0.1, 0.15) is 31.4 Å². The van der Waals surface area contributed by atoms with Crippen molar-refractivity contribution in [3.63, 3.8) is 0 Å². The van der Waals surface area contributed by atoms with Gasteiger partial charge in [-0.25, -0.2) is 4.39 Å². The highest BCUT2D eigenvalue weighted by molar-refractivity contribution is 5.82. The molecule has 0 saturated carbocycles. The molecule has 0 radical (unpaired) electrons. The molecule has 5 nitrogen and oxygen atoms in total. The minimum atomic E-state index is -0.493. The van der Waals surface area contributed by atoms with Gasteiger partial charge in [-0.2, -0.15) is 0 Å². The second-order valence-electron chi connectivity index (χ2n) is 6.71. The molecule has 1 aromatic rings. The first-order chi connectivity index (χ1) is 11.5. The van der Waals surface area contributed by atoms with Crippen LogP contribution >= 0.6 is 0 Å². The molecule has 0 aromatic heterocycles. The first-order valence-corrected chi connectivity index (χ1v) is 8.57. The van der Waals surface area contributed by atoms with Crippen LogP contribution in [0.2, 0.25) is 0 Å². The summed E-state index contributed by atoms with van der Waals surface area (Å²) in [6.07, 6.45) is 1.32. The Morgan fingerprint density at radius 2 is 1.92 bits per heavy atom. The van der Waals surface area contributed by atoms with Crippen molar-refractivity contribution >= 4 is 5.91 Å². The molecule has 2 heterocycles. The van der Waals surface area contributed by atoms with E-state index in [9.17, 15) is 9.18 Å². The molecule has 2 N–H and O–H groups in total. The molecule has 2 fully saturated rings. The van der Waals surface area contributed by atoms with Gasteiger partial charge in [-0.05, 0) is 43.4 Å². The Balaban J connectivity index is 1.68. The summed E-state index contributed by atoms with van der Waals surface area (Å²) in [4.78, 5) is 14.6. The third-order valence-electron chi connectivity index (χ3n) is 4.87. The Morgan fingerprint density at radius 3 is 2.58 bits per heavy atom. The van der Waals surface area contributed by atoms with E-state index < -0.39 is 6.04 Å². The number of carbonyl (C=O) groups excluding carboxylic acids is 1. The number of benzene rings is 1. The topological polar surface area (TPSA) is 64.8 Å². The number of halogens is 1. The van der Waals surface area contributed by atoms with Gasteiger partial charge in [0.05, 0.1) is 18.7 Å². The molecule has 1 amide bonds. The predicted octanol–water partition coefficient (Wildman–Crippen LogP) is 1.87. The van der Waals surface area contributed by atoms with Crippen LogP contribution in [-0.4, -0.2) is 49.3 Å². The third kappa shape index (κ3) is 3.94. The predicted molar refractivity (Wildman–Crippen MR) is 87.8 cm³/mol. The monoisotopic (exact) mass is 336 g/mol. The fourth-order valence-corrected chi connectivity index (χ4v) is 3.48. The van der Waals surface area contributed by atoms with Crippen molar-refractivity contribution < 1.29 is 18.7 Å². The molecule has 6 heteroatoms. The van der Waals surface area contributed by atoms with Gasteiger partial charge in [-0.15, -0.1) is 0 Å². The van der Waals surface area contributed by atoms with Gasteiger partial charge in [0.2, 0.25) is 5.91 Å². The van der Waals surface area contributed by atoms with E-state index in [1.165, 1.54) is 12.1 Å². The van der Waals surface area contributed by atoms with Crippen molar-refractivity contribution in [2.75, 3.05) is 26.3 Å². The van der Waals surface area contributed by atoms with Gasteiger partial charge < -0.3 is 20.1 Å². The molecule has 0 bridgehead atoms. The van der Waals surface area contributed by atoms with Crippen LogP contribution in [-0.2, 0) is 14.3 Å². The lowest BCUT2D eigenvalue weighted by molar-refractivity contribution is -0.148. The van der Waals surface area contributed by atoms with Crippen LogP contribution in [0.25, 0.3) is 0 Å². The molecule has 0 spiro atoms. The van der Waals surface area contributed by atoms with Crippen molar-refractivity contribution in [3.05, 3.63) is 35.6 Å². The summed E-state index contributed by atoms with van der Waals surface area (Å²) in [5.41, 5.74) is 7.11. The number of morpholine rings is 1. The zero-order chi connectivity index (χ0) is 17.1. The second-order valence-corrected chi connectivity index (χ2v) is 6.71. The Labute approximate surface area is 141 Å². The Bertz CT molecular complexity index is 560. The molecule has 3 unspecified atom stereocenters. The third-order valence-corrected chi connectivity index (χ3v) is 4.87. The molecule has 24 heavy (non-hydrogen) atoms. The van der Waals surface area contributed by atoms with E-state index in [0.29, 0.717) is 26.3 Å². The highest BCUT2D eigenvalue weighted by atomic mass is 19.1. The number of amides is 1. The fraction of sp³-hybridized carbons (Fsp3) is 0.611. The number of nitrogens with zero attached hydrogens (tertiary/aromatic N) is 1. The lowest BCUT2D eigenvalue weighted by Gasteiger charge is -2.39. The van der Waals surface area contributed by atoms with Crippen molar-refractivity contribution in [2.45, 2.75) is 38.0 Å². The average Bonchev–Trinajstić information content (AvgIpc) is 2.61. The van der Waals surface area contributed by atoms with E-state index in [0.717, 1.165) is 18.4 Å². The van der Waals surface area contributed by atoms with Gasteiger partial charge in [0.1, 0.15) is 11.9 Å². The summed E-state index contributed by atoms with van der Waals surface area (Å²) < 4.78 is 24.4. The van der Waals surface area contributed by atoms with Gasteiger partial charge in [0.25, 0.3) is 0 Å². The number of hydrogen-bond donors (Lipinski definition) is 1. The largest absolute Gasteiger partial charge is 0.381 e. The zero-order valence-corrected chi connectivity index (χ0v) is 14.0. The molecule has 0 aliphatic carbocycles. The number of hydrogen-bond acceptors (Lipinski definition) is 4. The van der Waals surface area contributed by atoms with E-state index in [1.807, 2.05) is 6.92 Å². The first kappa shape index (κ1) is 17.3. The second kappa shape index (κ2) is 7.59. The number of ether oxygens (including phenoxy) is 2. The smallest absolute Gasteiger partial charge is 0.239 e. The van der Waals surface area contributed by atoms with Crippen molar-refractivity contribution in [1.29, 1.82) is 0 Å². The summed E-state index contributed by atoms with van der Waals surface area (Å²) in [5.74, 6) is -0.130. The Kier molecular flexibility index (Phi) is 5.48. The molecular formula is C18H25FN2O3. The maximum atomic E-state index is 13.1. The zero-order valence-electron chi connectivity index (χ0n) is 14.0. The summed E-state index contributed by atoms with van der Waals surface area (Å²) in [6.45, 7) is 4.27. The van der Waals surface area contributed by atoms with E-state index in [4.69, 9.17) is 15.2 Å². The van der Waals surface area contributed by atoms with Crippen LogP contribution in [0.15, 0.2) is 24.3 Å². The molecule has 132 valence electrons. The fourth-order valence-electron chi connectivity index (χ4n) is 3.48. The SMILES string of the molecule is CC1CN(C(=O)C(N)C2CCOCC2)CC(c2ccc(F)cc2)O1. The van der Waals surface area contributed by atoms with Crippen molar-refractivity contribution in [2.24, 2.45) is 11.7 Å². The van der Waals surface area contributed by atoms with Crippen LogP contribution in [0.5, 0.6) is 0 Å². The number of carbonyl (C=O) groups is 1. The van der Waals surface area contributed by atoms with E-state index >= 15 is 0 Å². The van der Waals surface area contributed by atoms with E-state index in [-0.39, 0.29) is 29.9 Å². The van der Waals surface area contributed by atoms with Gasteiger partial charge >= 0.3 is 0 Å². The lowest BCUT2D eigenvalue weighted by Crippen LogP contribution is -2.54. The van der Waals surface area contributed by atoms with Crippen LogP contribution in [0.4, 0.5) is 4.39 Å². The van der Waals surface area contributed by atoms with Crippen LogP contribution in [0.3, 0.4) is 0 Å². The summed E-state index contributed by atoms with van der Waals surface area (Å²) in [7, 11) is 0. The van der Waals surface area contributed by atoms with Gasteiger partial charge in [-0.1, -0.05) is 12.1 Å². The number of nitrogens with two attached hydrogens (primary N) is 1. The van der Waals surface area contributed by atoms with E-state index in [1.54, 1.807) is 17.0 Å². The minimum absolute atomic E-state index is 0.0239. The maximum Gasteiger partial charge on any atom is 0.239 e. The van der Waals surface area contributed by atoms with Crippen LogP contribution < -0.4 is 5.73 Å². The minimum Gasteiger partial charge on any atom is -0.381 e. The van der Waals surface area contributed by atoms with Gasteiger partial charge in [0.15, 0.2) is 0 Å². The highest BCUT2D eigenvalue weighted by Crippen LogP contribution is 2.27. The van der Waals surface area contributed by atoms with Crippen molar-refractivity contribution in [3.8, 4) is 0 Å². The summed E-state index contributed by atoms with van der Waals surface area (Å²) in [6, 6.07) is 5.75. The van der Waals surface area contributed by atoms with Gasteiger partial charge in [0, 0.05) is 19.8 Å². The molecule has 1 aromatic carbocycles. The van der Waals surface area contributed by atoms with Crippen LogP contribution in [0, 0.1) is 11.7 Å². The highest BCUT2D eigenvalue weighted by Gasteiger charge is 2.35. The summed E-state index contributed by atoms with van der Waals surface area (Å²) in [5, 5.41) is 0. The molecule has 3 atom stereocenters. The standard InChI is InChI=1S/C18H25FN2O3/c1-12-10-21(18(22)17(20)14-6-8-23-9-7-14)11-16(24-12)13-2-4-15(19)5-3-13/h2-5,12,14,16-17H,6-11,20H2,1H3. The molecule has 2 aliphatic heterocycles. The molecule has 3 rings (SSSR count).